The van der Waals surface area contributed by atoms with Crippen LogP contribution in [-0.4, -0.2) is 23.6 Å². The van der Waals surface area contributed by atoms with E-state index in [-0.39, 0.29) is 5.75 Å². The molecule has 0 amide bonds. The number of hydrogen-bond donors (Lipinski definition) is 1. The summed E-state index contributed by atoms with van der Waals surface area (Å²) < 4.78 is 19.2. The van der Waals surface area contributed by atoms with Crippen molar-refractivity contribution in [1.82, 2.24) is 5.32 Å². The second-order valence-corrected chi connectivity index (χ2v) is 4.77. The molecule has 0 aromatic heterocycles. The quantitative estimate of drug-likeness (QED) is 0.674. The molecule has 1 aromatic carbocycles. The van der Waals surface area contributed by atoms with Gasteiger partial charge >= 0.3 is 5.69 Å². The molecule has 0 aliphatic heterocycles. The Morgan fingerprint density at radius 2 is 2.40 bits per heavy atom. The number of nitrogens with one attached hydrogen (secondary N) is 1. The van der Waals surface area contributed by atoms with Gasteiger partial charge in [0.2, 0.25) is 5.75 Å². The van der Waals surface area contributed by atoms with Crippen LogP contribution in [0.15, 0.2) is 18.2 Å². The summed E-state index contributed by atoms with van der Waals surface area (Å²) in [4.78, 5) is 10.2. The van der Waals surface area contributed by atoms with Crippen LogP contribution in [0.5, 0.6) is 5.75 Å². The number of benzene rings is 1. The number of nitriles is 1. The minimum Gasteiger partial charge on any atom is -0.481 e. The Hall–Kier alpha value is -2.20. The van der Waals surface area contributed by atoms with Gasteiger partial charge in [0.25, 0.3) is 0 Å². The van der Waals surface area contributed by atoms with E-state index in [1.807, 2.05) is 0 Å². The van der Waals surface area contributed by atoms with Gasteiger partial charge in [0, 0.05) is 12.5 Å². The van der Waals surface area contributed by atoms with E-state index in [9.17, 15) is 14.5 Å². The Bertz CT molecular complexity index is 572. The average molecular weight is 279 g/mol. The Labute approximate surface area is 115 Å². The van der Waals surface area contributed by atoms with E-state index in [0.29, 0.717) is 19.3 Å². The number of hydrogen-bond acceptors (Lipinski definition) is 5. The zero-order valence-corrected chi connectivity index (χ0v) is 10.9. The zero-order chi connectivity index (χ0) is 14.8. The van der Waals surface area contributed by atoms with Crippen molar-refractivity contribution in [2.24, 2.45) is 0 Å². The fraction of sp³-hybridized carbons (Fsp3) is 0.462. The molecule has 1 saturated carbocycles. The van der Waals surface area contributed by atoms with Gasteiger partial charge in [0.1, 0.15) is 11.6 Å². The van der Waals surface area contributed by atoms with E-state index in [2.05, 4.69) is 11.4 Å². The van der Waals surface area contributed by atoms with Gasteiger partial charge in [-0.25, -0.2) is 4.39 Å². The SMILES string of the molecule is CNC1(C#N)CCC(Oc2c(F)cccc2[N+](=O)[O-])C1. The van der Waals surface area contributed by atoms with Crippen molar-refractivity contribution in [3.05, 3.63) is 34.1 Å². The lowest BCUT2D eigenvalue weighted by atomic mass is 10.0. The fourth-order valence-electron chi connectivity index (χ4n) is 2.41. The van der Waals surface area contributed by atoms with Crippen molar-refractivity contribution in [3.8, 4) is 11.8 Å². The molecule has 2 atom stereocenters. The van der Waals surface area contributed by atoms with Crippen LogP contribution < -0.4 is 10.1 Å². The number of ether oxygens (including phenoxy) is 1. The van der Waals surface area contributed by atoms with Crippen LogP contribution in [0.3, 0.4) is 0 Å². The topological polar surface area (TPSA) is 88.2 Å². The highest BCUT2D eigenvalue weighted by Gasteiger charge is 2.40. The summed E-state index contributed by atoms with van der Waals surface area (Å²) in [6.07, 6.45) is 1.05. The van der Waals surface area contributed by atoms with Gasteiger partial charge in [0.05, 0.1) is 11.0 Å². The van der Waals surface area contributed by atoms with E-state index in [1.165, 1.54) is 12.1 Å². The summed E-state index contributed by atoms with van der Waals surface area (Å²) in [7, 11) is 1.68. The monoisotopic (exact) mass is 279 g/mol. The third kappa shape index (κ3) is 2.56. The Balaban J connectivity index is 2.21. The highest BCUT2D eigenvalue weighted by atomic mass is 19.1. The predicted molar refractivity (Wildman–Crippen MR) is 68.7 cm³/mol. The largest absolute Gasteiger partial charge is 0.481 e. The van der Waals surface area contributed by atoms with Gasteiger partial charge in [-0.2, -0.15) is 5.26 Å². The van der Waals surface area contributed by atoms with E-state index < -0.39 is 28.1 Å². The molecule has 7 heteroatoms. The fourth-order valence-corrected chi connectivity index (χ4v) is 2.41. The molecule has 0 bridgehead atoms. The van der Waals surface area contributed by atoms with E-state index >= 15 is 0 Å². The first-order valence-corrected chi connectivity index (χ1v) is 6.21. The van der Waals surface area contributed by atoms with Gasteiger partial charge in [-0.3, -0.25) is 10.1 Å². The molecule has 1 aliphatic rings. The average Bonchev–Trinajstić information content (AvgIpc) is 2.85. The molecule has 1 N–H and O–H groups in total. The molecular weight excluding hydrogens is 265 g/mol. The highest BCUT2D eigenvalue weighted by Crippen LogP contribution is 2.36. The van der Waals surface area contributed by atoms with E-state index in [4.69, 9.17) is 10.00 Å². The lowest BCUT2D eigenvalue weighted by Gasteiger charge is -2.20. The van der Waals surface area contributed by atoms with Crippen LogP contribution in [0, 0.1) is 27.3 Å². The number of halogens is 1. The van der Waals surface area contributed by atoms with E-state index in [1.54, 1.807) is 7.05 Å². The molecule has 0 heterocycles. The number of rotatable bonds is 4. The molecule has 1 aliphatic carbocycles. The third-order valence-electron chi connectivity index (χ3n) is 3.59. The summed E-state index contributed by atoms with van der Waals surface area (Å²) in [5.41, 5.74) is -1.10. The molecule has 20 heavy (non-hydrogen) atoms. The summed E-state index contributed by atoms with van der Waals surface area (Å²) in [6.45, 7) is 0. The number of nitro benzene ring substituents is 1. The minimum atomic E-state index is -0.766. The molecule has 1 fully saturated rings. The smallest absolute Gasteiger partial charge is 0.314 e. The van der Waals surface area contributed by atoms with Crippen LogP contribution in [0.1, 0.15) is 19.3 Å². The summed E-state index contributed by atoms with van der Waals surface area (Å²) >= 11 is 0. The maximum atomic E-state index is 13.7. The van der Waals surface area contributed by atoms with Crippen molar-refractivity contribution in [2.45, 2.75) is 30.9 Å². The molecule has 1 aromatic rings. The number of nitro groups is 1. The van der Waals surface area contributed by atoms with Crippen LogP contribution in [0.4, 0.5) is 10.1 Å². The van der Waals surface area contributed by atoms with Crippen LogP contribution in [-0.2, 0) is 0 Å². The van der Waals surface area contributed by atoms with Crippen LogP contribution >= 0.6 is 0 Å². The summed E-state index contributed by atoms with van der Waals surface area (Å²) in [5.74, 6) is -1.12. The number of nitrogens with zero attached hydrogens (tertiary/aromatic N) is 2. The summed E-state index contributed by atoms with van der Waals surface area (Å²) in [6, 6.07) is 5.76. The molecule has 2 rings (SSSR count). The predicted octanol–water partition coefficient (Wildman–Crippen LogP) is 2.15. The Kier molecular flexibility index (Phi) is 3.86. The molecule has 106 valence electrons. The standard InChI is InChI=1S/C13H14FN3O3/c1-16-13(8-15)6-5-9(7-13)20-12-10(14)3-2-4-11(12)17(18)19/h2-4,9,16H,5-7H2,1H3. The first-order valence-electron chi connectivity index (χ1n) is 6.21. The molecule has 6 nitrogen and oxygen atoms in total. The zero-order valence-electron chi connectivity index (χ0n) is 10.9. The normalized spacial score (nSPS) is 25.1. The van der Waals surface area contributed by atoms with Gasteiger partial charge in [0.15, 0.2) is 5.82 Å². The third-order valence-corrected chi connectivity index (χ3v) is 3.59. The van der Waals surface area contributed by atoms with E-state index in [0.717, 1.165) is 6.07 Å². The lowest BCUT2D eigenvalue weighted by Crippen LogP contribution is -2.39. The molecule has 0 saturated heterocycles. The maximum absolute atomic E-state index is 13.7. The first-order chi connectivity index (χ1) is 9.51. The van der Waals surface area contributed by atoms with Crippen molar-refractivity contribution < 1.29 is 14.1 Å². The summed E-state index contributed by atoms with van der Waals surface area (Å²) in [5, 5.41) is 23.0. The second kappa shape index (κ2) is 5.43. The highest BCUT2D eigenvalue weighted by molar-refractivity contribution is 5.47. The van der Waals surface area contributed by atoms with Crippen molar-refractivity contribution in [1.29, 1.82) is 5.26 Å². The van der Waals surface area contributed by atoms with Crippen molar-refractivity contribution in [3.63, 3.8) is 0 Å². The molecule has 0 spiro atoms. The van der Waals surface area contributed by atoms with Crippen molar-refractivity contribution in [2.75, 3.05) is 7.05 Å². The van der Waals surface area contributed by atoms with Gasteiger partial charge in [-0.1, -0.05) is 6.07 Å². The molecule has 0 radical (unpaired) electrons. The van der Waals surface area contributed by atoms with Gasteiger partial charge in [-0.05, 0) is 26.0 Å². The minimum absolute atomic E-state index is 0.354. The van der Waals surface area contributed by atoms with Crippen LogP contribution in [0.25, 0.3) is 0 Å². The van der Waals surface area contributed by atoms with Gasteiger partial charge < -0.3 is 10.1 Å². The Morgan fingerprint density at radius 3 is 2.95 bits per heavy atom. The molecule has 2 unspecified atom stereocenters. The van der Waals surface area contributed by atoms with Crippen LogP contribution in [0.2, 0.25) is 0 Å². The molecular formula is C13H14FN3O3. The number of para-hydroxylation sites is 1. The van der Waals surface area contributed by atoms with Crippen molar-refractivity contribution >= 4 is 5.69 Å². The maximum Gasteiger partial charge on any atom is 0.314 e. The second-order valence-electron chi connectivity index (χ2n) is 4.77. The lowest BCUT2D eigenvalue weighted by molar-refractivity contribution is -0.386. The Morgan fingerprint density at radius 1 is 1.65 bits per heavy atom. The van der Waals surface area contributed by atoms with Gasteiger partial charge in [-0.15, -0.1) is 0 Å². The first kappa shape index (κ1) is 14.2.